The third-order valence-corrected chi connectivity index (χ3v) is 3.68. The summed E-state index contributed by atoms with van der Waals surface area (Å²) in [5, 5.41) is 10.1. The Kier molecular flexibility index (Phi) is 3.88. The van der Waals surface area contributed by atoms with Gasteiger partial charge in [-0.1, -0.05) is 6.07 Å². The Bertz CT molecular complexity index is 387. The van der Waals surface area contributed by atoms with Gasteiger partial charge in [-0.25, -0.2) is 4.98 Å². The third-order valence-electron chi connectivity index (χ3n) is 3.68. The van der Waals surface area contributed by atoms with Crippen LogP contribution >= 0.6 is 0 Å². The Morgan fingerprint density at radius 1 is 1.39 bits per heavy atom. The molecule has 0 aliphatic carbocycles. The average molecular weight is 249 g/mol. The molecule has 0 amide bonds. The predicted octanol–water partition coefficient (Wildman–Crippen LogP) is 1.84. The van der Waals surface area contributed by atoms with Crippen molar-refractivity contribution < 1.29 is 5.11 Å². The largest absolute Gasteiger partial charge is 0.390 e. The van der Waals surface area contributed by atoms with Gasteiger partial charge >= 0.3 is 0 Å². The fourth-order valence-electron chi connectivity index (χ4n) is 2.35. The second-order valence-corrected chi connectivity index (χ2v) is 5.58. The van der Waals surface area contributed by atoms with Crippen LogP contribution in [0, 0.1) is 0 Å². The minimum Gasteiger partial charge on any atom is -0.390 e. The zero-order chi connectivity index (χ0) is 13.2. The highest BCUT2D eigenvalue weighted by atomic mass is 16.3. The van der Waals surface area contributed by atoms with Gasteiger partial charge < -0.3 is 15.7 Å². The predicted molar refractivity (Wildman–Crippen MR) is 73.5 cm³/mol. The second kappa shape index (κ2) is 5.24. The molecule has 4 nitrogen and oxygen atoms in total. The lowest BCUT2D eigenvalue weighted by atomic mass is 9.98. The SMILES string of the molecule is CC(N)c1ccc(N2CCCC(C)(O)CC2)nc1. The highest BCUT2D eigenvalue weighted by Crippen LogP contribution is 2.24. The lowest BCUT2D eigenvalue weighted by Gasteiger charge is -2.23. The van der Waals surface area contributed by atoms with E-state index in [4.69, 9.17) is 5.73 Å². The van der Waals surface area contributed by atoms with Gasteiger partial charge in [-0.15, -0.1) is 0 Å². The van der Waals surface area contributed by atoms with Gasteiger partial charge in [0.15, 0.2) is 0 Å². The van der Waals surface area contributed by atoms with Crippen LogP contribution in [-0.2, 0) is 0 Å². The molecule has 2 heterocycles. The summed E-state index contributed by atoms with van der Waals surface area (Å²) in [6, 6.07) is 4.09. The van der Waals surface area contributed by atoms with Gasteiger partial charge in [0, 0.05) is 25.3 Å². The van der Waals surface area contributed by atoms with Crippen LogP contribution in [-0.4, -0.2) is 28.8 Å². The molecule has 2 rings (SSSR count). The van der Waals surface area contributed by atoms with E-state index in [0.717, 1.165) is 43.7 Å². The summed E-state index contributed by atoms with van der Waals surface area (Å²) in [6.45, 7) is 5.70. The molecule has 2 atom stereocenters. The maximum absolute atomic E-state index is 10.1. The molecule has 0 saturated carbocycles. The average Bonchev–Trinajstić information content (AvgIpc) is 2.50. The van der Waals surface area contributed by atoms with Gasteiger partial charge in [0.1, 0.15) is 5.82 Å². The summed E-state index contributed by atoms with van der Waals surface area (Å²) in [5.41, 5.74) is 6.34. The van der Waals surface area contributed by atoms with Gasteiger partial charge in [-0.05, 0) is 44.7 Å². The first-order valence-electron chi connectivity index (χ1n) is 6.67. The fourth-order valence-corrected chi connectivity index (χ4v) is 2.35. The van der Waals surface area contributed by atoms with E-state index in [0.29, 0.717) is 0 Å². The van der Waals surface area contributed by atoms with Gasteiger partial charge in [-0.3, -0.25) is 0 Å². The summed E-state index contributed by atoms with van der Waals surface area (Å²) >= 11 is 0. The van der Waals surface area contributed by atoms with Crippen LogP contribution in [0.2, 0.25) is 0 Å². The van der Waals surface area contributed by atoms with E-state index in [9.17, 15) is 5.11 Å². The smallest absolute Gasteiger partial charge is 0.128 e. The molecular weight excluding hydrogens is 226 g/mol. The maximum Gasteiger partial charge on any atom is 0.128 e. The lowest BCUT2D eigenvalue weighted by molar-refractivity contribution is 0.0481. The molecule has 0 radical (unpaired) electrons. The molecule has 18 heavy (non-hydrogen) atoms. The number of aliphatic hydroxyl groups is 1. The highest BCUT2D eigenvalue weighted by molar-refractivity contribution is 5.40. The monoisotopic (exact) mass is 249 g/mol. The molecule has 1 aliphatic heterocycles. The number of aromatic nitrogens is 1. The molecule has 0 spiro atoms. The molecule has 1 aromatic heterocycles. The first-order chi connectivity index (χ1) is 8.48. The number of pyridine rings is 1. The zero-order valence-corrected chi connectivity index (χ0v) is 11.3. The van der Waals surface area contributed by atoms with Crippen LogP contribution in [0.15, 0.2) is 18.3 Å². The van der Waals surface area contributed by atoms with Crippen molar-refractivity contribution in [2.45, 2.75) is 44.8 Å². The molecule has 4 heteroatoms. The van der Waals surface area contributed by atoms with Crippen molar-refractivity contribution in [3.8, 4) is 0 Å². The Hall–Kier alpha value is -1.13. The minimum absolute atomic E-state index is 0.0245. The van der Waals surface area contributed by atoms with Crippen LogP contribution in [0.4, 0.5) is 5.82 Å². The first kappa shape index (κ1) is 13.3. The van der Waals surface area contributed by atoms with E-state index >= 15 is 0 Å². The molecule has 0 bridgehead atoms. The molecular formula is C14H23N3O. The van der Waals surface area contributed by atoms with E-state index < -0.39 is 5.60 Å². The van der Waals surface area contributed by atoms with Crippen molar-refractivity contribution in [3.05, 3.63) is 23.9 Å². The molecule has 2 unspecified atom stereocenters. The van der Waals surface area contributed by atoms with Gasteiger partial charge in [0.25, 0.3) is 0 Å². The molecule has 3 N–H and O–H groups in total. The maximum atomic E-state index is 10.1. The van der Waals surface area contributed by atoms with Crippen LogP contribution in [0.3, 0.4) is 0 Å². The Morgan fingerprint density at radius 2 is 2.17 bits per heavy atom. The van der Waals surface area contributed by atoms with Gasteiger partial charge in [0.05, 0.1) is 5.60 Å². The number of hydrogen-bond acceptors (Lipinski definition) is 4. The summed E-state index contributed by atoms with van der Waals surface area (Å²) in [6.07, 6.45) is 4.51. The molecule has 0 aromatic carbocycles. The standard InChI is InChI=1S/C14H23N3O/c1-11(15)12-4-5-13(16-10-12)17-8-3-6-14(2,18)7-9-17/h4-5,10-11,18H,3,6-9,15H2,1-2H3. The lowest BCUT2D eigenvalue weighted by Crippen LogP contribution is -2.28. The Balaban J connectivity index is 2.07. The number of nitrogens with two attached hydrogens (primary N) is 1. The van der Waals surface area contributed by atoms with Crippen molar-refractivity contribution in [2.75, 3.05) is 18.0 Å². The molecule has 1 aromatic rings. The number of nitrogens with zero attached hydrogens (tertiary/aromatic N) is 2. The van der Waals surface area contributed by atoms with E-state index in [2.05, 4.69) is 9.88 Å². The quantitative estimate of drug-likeness (QED) is 0.839. The summed E-state index contributed by atoms with van der Waals surface area (Å²) < 4.78 is 0. The molecule has 100 valence electrons. The van der Waals surface area contributed by atoms with E-state index in [-0.39, 0.29) is 6.04 Å². The van der Waals surface area contributed by atoms with E-state index in [1.807, 2.05) is 32.2 Å². The summed E-state index contributed by atoms with van der Waals surface area (Å²) in [4.78, 5) is 6.72. The van der Waals surface area contributed by atoms with Crippen molar-refractivity contribution in [3.63, 3.8) is 0 Å². The molecule has 1 aliphatic rings. The van der Waals surface area contributed by atoms with Crippen LogP contribution in [0.5, 0.6) is 0 Å². The van der Waals surface area contributed by atoms with Crippen LogP contribution in [0.1, 0.15) is 44.7 Å². The highest BCUT2D eigenvalue weighted by Gasteiger charge is 2.25. The van der Waals surface area contributed by atoms with E-state index in [1.54, 1.807) is 0 Å². The zero-order valence-electron chi connectivity index (χ0n) is 11.3. The topological polar surface area (TPSA) is 62.4 Å². The van der Waals surface area contributed by atoms with Crippen LogP contribution in [0.25, 0.3) is 0 Å². The van der Waals surface area contributed by atoms with Crippen molar-refractivity contribution in [1.29, 1.82) is 0 Å². The Labute approximate surface area is 109 Å². The van der Waals surface area contributed by atoms with Crippen molar-refractivity contribution >= 4 is 5.82 Å². The second-order valence-electron chi connectivity index (χ2n) is 5.58. The normalized spacial score (nSPS) is 26.8. The van der Waals surface area contributed by atoms with Gasteiger partial charge in [-0.2, -0.15) is 0 Å². The van der Waals surface area contributed by atoms with Gasteiger partial charge in [0.2, 0.25) is 0 Å². The number of rotatable bonds is 2. The Morgan fingerprint density at radius 3 is 2.78 bits per heavy atom. The minimum atomic E-state index is -0.527. The van der Waals surface area contributed by atoms with Crippen molar-refractivity contribution in [2.24, 2.45) is 5.73 Å². The fraction of sp³-hybridized carbons (Fsp3) is 0.643. The summed E-state index contributed by atoms with van der Waals surface area (Å²) in [7, 11) is 0. The van der Waals surface area contributed by atoms with Crippen LogP contribution < -0.4 is 10.6 Å². The van der Waals surface area contributed by atoms with E-state index in [1.165, 1.54) is 0 Å². The molecule has 1 saturated heterocycles. The molecule has 1 fully saturated rings. The third kappa shape index (κ3) is 3.21. The van der Waals surface area contributed by atoms with Crippen molar-refractivity contribution in [1.82, 2.24) is 4.98 Å². The number of anilines is 1. The number of hydrogen-bond donors (Lipinski definition) is 2. The first-order valence-corrected chi connectivity index (χ1v) is 6.67. The summed E-state index contributed by atoms with van der Waals surface area (Å²) in [5.74, 6) is 0.983.